The van der Waals surface area contributed by atoms with E-state index in [0.717, 1.165) is 16.2 Å². The Labute approximate surface area is 122 Å². The van der Waals surface area contributed by atoms with Gasteiger partial charge in [-0.15, -0.1) is 11.8 Å². The Bertz CT molecular complexity index is 570. The first-order valence-electron chi connectivity index (χ1n) is 5.90. The Morgan fingerprint density at radius 2 is 1.89 bits per heavy atom. The van der Waals surface area contributed by atoms with Crippen molar-refractivity contribution in [3.63, 3.8) is 0 Å². The maximum absolute atomic E-state index is 9.51. The van der Waals surface area contributed by atoms with Crippen molar-refractivity contribution in [2.24, 2.45) is 0 Å². The predicted octanol–water partition coefficient (Wildman–Crippen LogP) is 4.91. The van der Waals surface area contributed by atoms with Crippen LogP contribution < -0.4 is 4.74 Å². The van der Waals surface area contributed by atoms with Gasteiger partial charge in [0.05, 0.1) is 11.1 Å². The lowest BCUT2D eigenvalue weighted by Gasteiger charge is -2.12. The van der Waals surface area contributed by atoms with Crippen LogP contribution >= 0.6 is 23.4 Å². The lowest BCUT2D eigenvalue weighted by atomic mass is 10.1. The standard InChI is InChI=1S/C15H15ClO2S/c1-10(17)11-7-8-13(12(16)9-11)18-14-5-3-4-6-15(14)19-2/h3-10,17H,1-2H3/t10-/m1/s1. The van der Waals surface area contributed by atoms with Crippen LogP contribution in [-0.4, -0.2) is 11.4 Å². The maximum atomic E-state index is 9.51. The molecule has 2 rings (SSSR count). The van der Waals surface area contributed by atoms with Crippen LogP contribution in [0.3, 0.4) is 0 Å². The third-order valence-corrected chi connectivity index (χ3v) is 3.80. The second kappa shape index (κ2) is 6.33. The molecule has 0 aliphatic carbocycles. The van der Waals surface area contributed by atoms with Crippen molar-refractivity contribution >= 4 is 23.4 Å². The van der Waals surface area contributed by atoms with Gasteiger partial charge in [0.15, 0.2) is 0 Å². The number of aliphatic hydroxyl groups is 1. The largest absolute Gasteiger partial charge is 0.455 e. The van der Waals surface area contributed by atoms with Crippen LogP contribution in [-0.2, 0) is 0 Å². The molecule has 4 heteroatoms. The highest BCUT2D eigenvalue weighted by Crippen LogP contribution is 2.35. The van der Waals surface area contributed by atoms with Crippen LogP contribution in [0.25, 0.3) is 0 Å². The van der Waals surface area contributed by atoms with Crippen LogP contribution in [0.5, 0.6) is 11.5 Å². The zero-order chi connectivity index (χ0) is 13.8. The third kappa shape index (κ3) is 3.44. The molecule has 0 radical (unpaired) electrons. The smallest absolute Gasteiger partial charge is 0.146 e. The van der Waals surface area contributed by atoms with Gasteiger partial charge >= 0.3 is 0 Å². The second-order valence-corrected chi connectivity index (χ2v) is 5.37. The van der Waals surface area contributed by atoms with Gasteiger partial charge in [-0.2, -0.15) is 0 Å². The topological polar surface area (TPSA) is 29.5 Å². The van der Waals surface area contributed by atoms with Gasteiger partial charge in [-0.05, 0) is 43.0 Å². The third-order valence-electron chi connectivity index (χ3n) is 2.73. The fraction of sp³-hybridized carbons (Fsp3) is 0.200. The molecular weight excluding hydrogens is 280 g/mol. The lowest BCUT2D eigenvalue weighted by molar-refractivity contribution is 0.199. The van der Waals surface area contributed by atoms with Crippen LogP contribution in [0, 0.1) is 0 Å². The van der Waals surface area contributed by atoms with Gasteiger partial charge in [0, 0.05) is 4.90 Å². The molecule has 0 heterocycles. The normalized spacial score (nSPS) is 12.2. The van der Waals surface area contributed by atoms with E-state index < -0.39 is 6.10 Å². The van der Waals surface area contributed by atoms with E-state index in [1.54, 1.807) is 30.8 Å². The highest BCUT2D eigenvalue weighted by molar-refractivity contribution is 7.98. The van der Waals surface area contributed by atoms with Gasteiger partial charge in [-0.3, -0.25) is 0 Å². The number of hydrogen-bond donors (Lipinski definition) is 1. The Hall–Kier alpha value is -1.16. The Morgan fingerprint density at radius 3 is 2.53 bits per heavy atom. The SMILES string of the molecule is CSc1ccccc1Oc1ccc([C@@H](C)O)cc1Cl. The predicted molar refractivity (Wildman–Crippen MR) is 80.4 cm³/mol. The molecule has 0 fully saturated rings. The highest BCUT2D eigenvalue weighted by Gasteiger charge is 2.09. The van der Waals surface area contributed by atoms with Gasteiger partial charge in [0.1, 0.15) is 11.5 Å². The summed E-state index contributed by atoms with van der Waals surface area (Å²) in [5.41, 5.74) is 0.774. The van der Waals surface area contributed by atoms with Crippen LogP contribution in [0.4, 0.5) is 0 Å². The van der Waals surface area contributed by atoms with E-state index in [4.69, 9.17) is 16.3 Å². The summed E-state index contributed by atoms with van der Waals surface area (Å²) < 4.78 is 5.83. The molecule has 0 saturated heterocycles. The number of hydrogen-bond acceptors (Lipinski definition) is 3. The minimum atomic E-state index is -0.537. The number of ether oxygens (including phenoxy) is 1. The van der Waals surface area contributed by atoms with Gasteiger partial charge in [-0.25, -0.2) is 0 Å². The van der Waals surface area contributed by atoms with Gasteiger partial charge in [0.2, 0.25) is 0 Å². The molecule has 0 amide bonds. The van der Waals surface area contributed by atoms with Gasteiger partial charge in [-0.1, -0.05) is 29.8 Å². The molecule has 19 heavy (non-hydrogen) atoms. The Morgan fingerprint density at radius 1 is 1.16 bits per heavy atom. The quantitative estimate of drug-likeness (QED) is 0.813. The first-order chi connectivity index (χ1) is 9.11. The van der Waals surface area contributed by atoms with E-state index in [1.807, 2.05) is 36.6 Å². The molecule has 2 aromatic rings. The molecule has 0 saturated carbocycles. The number of halogens is 1. The summed E-state index contributed by atoms with van der Waals surface area (Å²) in [6.07, 6.45) is 1.46. The zero-order valence-electron chi connectivity index (χ0n) is 10.8. The van der Waals surface area contributed by atoms with Crippen molar-refractivity contribution < 1.29 is 9.84 Å². The molecule has 0 spiro atoms. The number of thioether (sulfide) groups is 1. The van der Waals surface area contributed by atoms with Crippen LogP contribution in [0.15, 0.2) is 47.4 Å². The monoisotopic (exact) mass is 294 g/mol. The first-order valence-corrected chi connectivity index (χ1v) is 7.50. The number of rotatable bonds is 4. The summed E-state index contributed by atoms with van der Waals surface area (Å²) in [5.74, 6) is 1.37. The average Bonchev–Trinajstić information content (AvgIpc) is 2.41. The van der Waals surface area contributed by atoms with Crippen molar-refractivity contribution in [1.82, 2.24) is 0 Å². The summed E-state index contributed by atoms with van der Waals surface area (Å²) in [7, 11) is 0. The number of para-hydroxylation sites is 1. The van der Waals surface area contributed by atoms with Crippen LogP contribution in [0.2, 0.25) is 5.02 Å². The highest BCUT2D eigenvalue weighted by atomic mass is 35.5. The molecule has 0 unspecified atom stereocenters. The molecule has 0 aliphatic heterocycles. The fourth-order valence-electron chi connectivity index (χ4n) is 1.68. The van der Waals surface area contributed by atoms with E-state index in [2.05, 4.69) is 0 Å². The molecule has 1 N–H and O–H groups in total. The summed E-state index contributed by atoms with van der Waals surface area (Å²) in [4.78, 5) is 1.05. The maximum Gasteiger partial charge on any atom is 0.146 e. The average molecular weight is 295 g/mol. The minimum absolute atomic E-state index is 0.495. The molecule has 2 aromatic carbocycles. The molecular formula is C15H15ClO2S. The number of benzene rings is 2. The van der Waals surface area contributed by atoms with E-state index >= 15 is 0 Å². The summed E-state index contributed by atoms with van der Waals surface area (Å²) in [5, 5.41) is 10.0. The fourth-order valence-corrected chi connectivity index (χ4v) is 2.43. The van der Waals surface area contributed by atoms with Gasteiger partial charge < -0.3 is 9.84 Å². The zero-order valence-corrected chi connectivity index (χ0v) is 12.3. The van der Waals surface area contributed by atoms with Crippen molar-refractivity contribution in [3.8, 4) is 11.5 Å². The molecule has 2 nitrogen and oxygen atoms in total. The summed E-state index contributed by atoms with van der Waals surface area (Å²) in [6.45, 7) is 1.70. The number of aliphatic hydroxyl groups excluding tert-OH is 1. The van der Waals surface area contributed by atoms with Crippen molar-refractivity contribution in [1.29, 1.82) is 0 Å². The first kappa shape index (κ1) is 14.3. The van der Waals surface area contributed by atoms with Crippen LogP contribution in [0.1, 0.15) is 18.6 Å². The lowest BCUT2D eigenvalue weighted by Crippen LogP contribution is -1.92. The van der Waals surface area contributed by atoms with E-state index in [9.17, 15) is 5.11 Å². The molecule has 0 aromatic heterocycles. The van der Waals surface area contributed by atoms with E-state index in [-0.39, 0.29) is 0 Å². The van der Waals surface area contributed by atoms with E-state index in [1.165, 1.54) is 0 Å². The molecule has 1 atom stereocenters. The molecule has 100 valence electrons. The van der Waals surface area contributed by atoms with Crippen molar-refractivity contribution in [2.45, 2.75) is 17.9 Å². The molecule has 0 aliphatic rings. The summed E-state index contributed by atoms with van der Waals surface area (Å²) in [6, 6.07) is 13.1. The van der Waals surface area contributed by atoms with Gasteiger partial charge in [0.25, 0.3) is 0 Å². The second-order valence-electron chi connectivity index (χ2n) is 4.12. The molecule has 0 bridgehead atoms. The van der Waals surface area contributed by atoms with Crippen molar-refractivity contribution in [3.05, 3.63) is 53.1 Å². The van der Waals surface area contributed by atoms with E-state index in [0.29, 0.717) is 10.8 Å². The Balaban J connectivity index is 2.28. The minimum Gasteiger partial charge on any atom is -0.455 e. The van der Waals surface area contributed by atoms with Crippen molar-refractivity contribution in [2.75, 3.05) is 6.26 Å². The summed E-state index contributed by atoms with van der Waals surface area (Å²) >= 11 is 7.80. The Kier molecular flexibility index (Phi) is 4.75.